The van der Waals surface area contributed by atoms with Gasteiger partial charge in [0, 0.05) is 25.6 Å². The number of nitrogens with zero attached hydrogens (tertiary/aromatic N) is 1. The summed E-state index contributed by atoms with van der Waals surface area (Å²) in [6.07, 6.45) is 5.80. The first-order valence-corrected chi connectivity index (χ1v) is 7.49. The van der Waals surface area contributed by atoms with E-state index >= 15 is 0 Å². The van der Waals surface area contributed by atoms with Crippen molar-refractivity contribution in [2.75, 3.05) is 13.1 Å². The lowest BCUT2D eigenvalue weighted by Gasteiger charge is -2.32. The number of likely N-dealkylation sites (tertiary alicyclic amines) is 1. The van der Waals surface area contributed by atoms with Crippen LogP contribution in [0.4, 0.5) is 4.39 Å². The van der Waals surface area contributed by atoms with Crippen LogP contribution in [0.3, 0.4) is 0 Å². The zero-order valence-corrected chi connectivity index (χ0v) is 12.4. The molecule has 4 nitrogen and oxygen atoms in total. The molecule has 1 saturated heterocycles. The molecule has 1 N–H and O–H groups in total. The maximum Gasteiger partial charge on any atom is 0.303 e. The van der Waals surface area contributed by atoms with Gasteiger partial charge in [-0.25, -0.2) is 4.39 Å². The summed E-state index contributed by atoms with van der Waals surface area (Å²) in [6, 6.07) is 5.94. The first kappa shape index (κ1) is 16.2. The summed E-state index contributed by atoms with van der Waals surface area (Å²) in [7, 11) is 0. The summed E-state index contributed by atoms with van der Waals surface area (Å²) >= 11 is 0. The first-order chi connectivity index (χ1) is 10.5. The summed E-state index contributed by atoms with van der Waals surface area (Å²) in [4.78, 5) is 24.6. The van der Waals surface area contributed by atoms with Crippen molar-refractivity contribution >= 4 is 18.0 Å². The number of amides is 1. The monoisotopic (exact) mass is 305 g/mol. The average Bonchev–Trinajstić information content (AvgIpc) is 2.52. The second kappa shape index (κ2) is 7.73. The van der Waals surface area contributed by atoms with Crippen LogP contribution < -0.4 is 0 Å². The Balaban J connectivity index is 1.88. The van der Waals surface area contributed by atoms with Gasteiger partial charge in [-0.05, 0) is 49.0 Å². The van der Waals surface area contributed by atoms with Crippen molar-refractivity contribution in [1.29, 1.82) is 0 Å². The third kappa shape index (κ3) is 4.98. The van der Waals surface area contributed by atoms with E-state index in [1.54, 1.807) is 23.1 Å². The quantitative estimate of drug-likeness (QED) is 0.851. The number of hydrogen-bond donors (Lipinski definition) is 1. The highest BCUT2D eigenvalue weighted by atomic mass is 19.1. The number of carbonyl (C=O) groups excluding carboxylic acids is 1. The SMILES string of the molecule is O=C(O)CCC1CCCN(C(=O)C=Cc2ccc(F)cc2)C1. The number of piperidine rings is 1. The largest absolute Gasteiger partial charge is 0.481 e. The molecule has 0 aromatic heterocycles. The molecule has 1 unspecified atom stereocenters. The fourth-order valence-corrected chi connectivity index (χ4v) is 2.68. The molecule has 2 rings (SSSR count). The van der Waals surface area contributed by atoms with Crippen LogP contribution >= 0.6 is 0 Å². The second-order valence-corrected chi connectivity index (χ2v) is 5.61. The van der Waals surface area contributed by atoms with Gasteiger partial charge in [-0.1, -0.05) is 12.1 Å². The maximum atomic E-state index is 12.8. The minimum absolute atomic E-state index is 0.0793. The molecule has 0 aliphatic carbocycles. The van der Waals surface area contributed by atoms with E-state index < -0.39 is 5.97 Å². The zero-order valence-electron chi connectivity index (χ0n) is 12.4. The highest BCUT2D eigenvalue weighted by Crippen LogP contribution is 2.21. The summed E-state index contributed by atoms with van der Waals surface area (Å²) < 4.78 is 12.8. The molecule has 1 amide bonds. The fourth-order valence-electron chi connectivity index (χ4n) is 2.68. The Kier molecular flexibility index (Phi) is 5.69. The highest BCUT2D eigenvalue weighted by Gasteiger charge is 2.22. The van der Waals surface area contributed by atoms with Crippen molar-refractivity contribution in [2.24, 2.45) is 5.92 Å². The van der Waals surface area contributed by atoms with Gasteiger partial charge in [0.2, 0.25) is 5.91 Å². The summed E-state index contributed by atoms with van der Waals surface area (Å²) in [5.41, 5.74) is 0.772. The first-order valence-electron chi connectivity index (χ1n) is 7.49. The van der Waals surface area contributed by atoms with Crippen molar-refractivity contribution in [1.82, 2.24) is 4.90 Å². The van der Waals surface area contributed by atoms with E-state index in [-0.39, 0.29) is 24.1 Å². The van der Waals surface area contributed by atoms with Gasteiger partial charge in [0.05, 0.1) is 0 Å². The number of carbonyl (C=O) groups is 2. The molecule has 22 heavy (non-hydrogen) atoms. The number of carboxylic acids is 1. The molecular formula is C17H20FNO3. The minimum atomic E-state index is -0.792. The van der Waals surface area contributed by atoms with Gasteiger partial charge in [-0.3, -0.25) is 9.59 Å². The molecule has 1 aromatic rings. The highest BCUT2D eigenvalue weighted by molar-refractivity contribution is 5.91. The number of hydrogen-bond acceptors (Lipinski definition) is 2. The van der Waals surface area contributed by atoms with Crippen molar-refractivity contribution < 1.29 is 19.1 Å². The predicted molar refractivity (Wildman–Crippen MR) is 81.6 cm³/mol. The van der Waals surface area contributed by atoms with Gasteiger partial charge in [0.1, 0.15) is 5.82 Å². The van der Waals surface area contributed by atoms with Gasteiger partial charge in [0.15, 0.2) is 0 Å². The summed E-state index contributed by atoms with van der Waals surface area (Å²) in [5, 5.41) is 8.73. The van der Waals surface area contributed by atoms with Crippen LogP contribution in [0.1, 0.15) is 31.2 Å². The third-order valence-electron chi connectivity index (χ3n) is 3.89. The van der Waals surface area contributed by atoms with Gasteiger partial charge >= 0.3 is 5.97 Å². The van der Waals surface area contributed by atoms with Gasteiger partial charge in [0.25, 0.3) is 0 Å². The predicted octanol–water partition coefficient (Wildman–Crippen LogP) is 2.94. The van der Waals surface area contributed by atoms with E-state index in [2.05, 4.69) is 0 Å². The minimum Gasteiger partial charge on any atom is -0.481 e. The Hall–Kier alpha value is -2.17. The van der Waals surface area contributed by atoms with Crippen molar-refractivity contribution in [3.05, 3.63) is 41.7 Å². The smallest absolute Gasteiger partial charge is 0.303 e. The fraction of sp³-hybridized carbons (Fsp3) is 0.412. The van der Waals surface area contributed by atoms with E-state index in [9.17, 15) is 14.0 Å². The lowest BCUT2D eigenvalue weighted by molar-refractivity contribution is -0.137. The molecule has 0 spiro atoms. The number of aliphatic carboxylic acids is 1. The Bertz CT molecular complexity index is 554. The van der Waals surface area contributed by atoms with Gasteiger partial charge in [-0.15, -0.1) is 0 Å². The van der Waals surface area contributed by atoms with Crippen LogP contribution in [-0.4, -0.2) is 35.0 Å². The summed E-state index contributed by atoms with van der Waals surface area (Å²) in [6.45, 7) is 1.32. The molecule has 1 aliphatic heterocycles. The van der Waals surface area contributed by atoms with Crippen molar-refractivity contribution in [2.45, 2.75) is 25.7 Å². The Morgan fingerprint density at radius 3 is 2.73 bits per heavy atom. The van der Waals surface area contributed by atoms with E-state index in [1.807, 2.05) is 0 Å². The van der Waals surface area contributed by atoms with E-state index in [1.165, 1.54) is 18.2 Å². The van der Waals surface area contributed by atoms with E-state index in [0.717, 1.165) is 18.4 Å². The zero-order chi connectivity index (χ0) is 15.9. The Morgan fingerprint density at radius 2 is 2.05 bits per heavy atom. The molecule has 118 valence electrons. The average molecular weight is 305 g/mol. The molecule has 1 aliphatic rings. The molecule has 0 radical (unpaired) electrons. The van der Waals surface area contributed by atoms with Gasteiger partial charge < -0.3 is 10.0 Å². The van der Waals surface area contributed by atoms with Crippen LogP contribution in [0.2, 0.25) is 0 Å². The van der Waals surface area contributed by atoms with Crippen LogP contribution in [-0.2, 0) is 9.59 Å². The number of halogens is 1. The summed E-state index contributed by atoms with van der Waals surface area (Å²) in [5.74, 6) is -0.919. The van der Waals surface area contributed by atoms with Crippen LogP contribution in [0.25, 0.3) is 6.08 Å². The van der Waals surface area contributed by atoms with Crippen molar-refractivity contribution in [3.63, 3.8) is 0 Å². The number of benzene rings is 1. The maximum absolute atomic E-state index is 12.8. The number of rotatable bonds is 5. The molecular weight excluding hydrogens is 285 g/mol. The third-order valence-corrected chi connectivity index (χ3v) is 3.89. The number of carboxylic acid groups (broad SMARTS) is 1. The topological polar surface area (TPSA) is 57.6 Å². The molecule has 1 atom stereocenters. The van der Waals surface area contributed by atoms with Crippen LogP contribution in [0, 0.1) is 11.7 Å². The lowest BCUT2D eigenvalue weighted by atomic mass is 9.93. The van der Waals surface area contributed by atoms with Crippen molar-refractivity contribution in [3.8, 4) is 0 Å². The van der Waals surface area contributed by atoms with Crippen LogP contribution in [0.5, 0.6) is 0 Å². The molecule has 0 bridgehead atoms. The Labute approximate surface area is 129 Å². The van der Waals surface area contributed by atoms with E-state index in [4.69, 9.17) is 5.11 Å². The molecule has 1 fully saturated rings. The Morgan fingerprint density at radius 1 is 1.32 bits per heavy atom. The van der Waals surface area contributed by atoms with Gasteiger partial charge in [-0.2, -0.15) is 0 Å². The second-order valence-electron chi connectivity index (χ2n) is 5.61. The lowest BCUT2D eigenvalue weighted by Crippen LogP contribution is -2.39. The van der Waals surface area contributed by atoms with E-state index in [0.29, 0.717) is 19.5 Å². The normalized spacial score (nSPS) is 18.6. The molecule has 1 heterocycles. The molecule has 0 saturated carbocycles. The standard InChI is InChI=1S/C17H20FNO3/c18-15-7-3-13(4-8-15)5-9-16(20)19-11-1-2-14(12-19)6-10-17(21)22/h3-5,7-9,14H,1-2,6,10-12H2,(H,21,22). The molecule has 1 aromatic carbocycles. The van der Waals surface area contributed by atoms with Crippen LogP contribution in [0.15, 0.2) is 30.3 Å². The molecule has 5 heteroatoms.